The Bertz CT molecular complexity index is 471. The summed E-state index contributed by atoms with van der Waals surface area (Å²) in [5.74, 6) is 7.10. The van der Waals surface area contributed by atoms with E-state index in [2.05, 4.69) is 25.7 Å². The van der Waals surface area contributed by atoms with Crippen molar-refractivity contribution in [3.05, 3.63) is 36.3 Å². The van der Waals surface area contributed by atoms with Crippen LogP contribution < -0.4 is 21.3 Å². The highest BCUT2D eigenvalue weighted by molar-refractivity contribution is 5.45. The highest BCUT2D eigenvalue weighted by Gasteiger charge is 1.99. The number of aromatic nitrogens is 3. The summed E-state index contributed by atoms with van der Waals surface area (Å²) in [5.41, 5.74) is 3.51. The molecule has 0 spiro atoms. The van der Waals surface area contributed by atoms with Crippen LogP contribution in [0.2, 0.25) is 0 Å². The van der Waals surface area contributed by atoms with E-state index in [0.29, 0.717) is 24.1 Å². The molecule has 2 aromatic rings. The van der Waals surface area contributed by atoms with Gasteiger partial charge in [-0.3, -0.25) is 0 Å². The number of methoxy groups -OCH3 is 1. The van der Waals surface area contributed by atoms with Gasteiger partial charge in [-0.25, -0.2) is 20.8 Å². The SMILES string of the molecule is COc1cc(CNc2cc(NN)ncn2)ccn1. The monoisotopic (exact) mass is 246 g/mol. The van der Waals surface area contributed by atoms with E-state index < -0.39 is 0 Å². The van der Waals surface area contributed by atoms with Crippen LogP contribution in [0.25, 0.3) is 0 Å². The van der Waals surface area contributed by atoms with Crippen LogP contribution in [0, 0.1) is 0 Å². The first-order valence-corrected chi connectivity index (χ1v) is 5.33. The van der Waals surface area contributed by atoms with E-state index in [1.165, 1.54) is 6.33 Å². The zero-order valence-corrected chi connectivity index (χ0v) is 9.92. The quantitative estimate of drug-likeness (QED) is 0.529. The fourth-order valence-electron chi connectivity index (χ4n) is 1.40. The van der Waals surface area contributed by atoms with Gasteiger partial charge >= 0.3 is 0 Å². The Labute approximate surface area is 104 Å². The number of hydrogen-bond donors (Lipinski definition) is 3. The lowest BCUT2D eigenvalue weighted by atomic mass is 10.2. The lowest BCUT2D eigenvalue weighted by molar-refractivity contribution is 0.397. The summed E-state index contributed by atoms with van der Waals surface area (Å²) >= 11 is 0. The van der Waals surface area contributed by atoms with Gasteiger partial charge in [0.1, 0.15) is 18.0 Å². The molecule has 0 aliphatic carbocycles. The summed E-state index contributed by atoms with van der Waals surface area (Å²) in [5, 5.41) is 3.16. The average molecular weight is 246 g/mol. The van der Waals surface area contributed by atoms with E-state index in [-0.39, 0.29) is 0 Å². The maximum atomic E-state index is 5.27. The lowest BCUT2D eigenvalue weighted by Gasteiger charge is -2.07. The van der Waals surface area contributed by atoms with Gasteiger partial charge in [-0.05, 0) is 11.6 Å². The van der Waals surface area contributed by atoms with Crippen LogP contribution in [0.1, 0.15) is 5.56 Å². The fraction of sp³-hybridized carbons (Fsp3) is 0.182. The van der Waals surface area contributed by atoms with Gasteiger partial charge in [-0.1, -0.05) is 0 Å². The molecule has 2 rings (SSSR count). The predicted molar refractivity (Wildman–Crippen MR) is 68.0 cm³/mol. The Morgan fingerprint density at radius 3 is 2.83 bits per heavy atom. The molecule has 0 aliphatic heterocycles. The molecule has 0 aromatic carbocycles. The van der Waals surface area contributed by atoms with E-state index in [0.717, 1.165) is 5.56 Å². The summed E-state index contributed by atoms with van der Waals surface area (Å²) in [6.07, 6.45) is 3.13. The number of pyridine rings is 1. The molecular weight excluding hydrogens is 232 g/mol. The van der Waals surface area contributed by atoms with Crippen molar-refractivity contribution in [3.63, 3.8) is 0 Å². The Morgan fingerprint density at radius 1 is 1.22 bits per heavy atom. The van der Waals surface area contributed by atoms with Gasteiger partial charge in [0, 0.05) is 24.9 Å². The smallest absolute Gasteiger partial charge is 0.213 e. The molecule has 0 atom stereocenters. The largest absolute Gasteiger partial charge is 0.481 e. The number of nitrogen functional groups attached to an aromatic ring is 1. The molecular formula is C11H14N6O. The molecule has 7 nitrogen and oxygen atoms in total. The van der Waals surface area contributed by atoms with Gasteiger partial charge in [-0.15, -0.1) is 0 Å². The number of nitrogens with one attached hydrogen (secondary N) is 2. The third-order valence-corrected chi connectivity index (χ3v) is 2.30. The van der Waals surface area contributed by atoms with Crippen LogP contribution in [0.15, 0.2) is 30.7 Å². The molecule has 0 aliphatic rings. The van der Waals surface area contributed by atoms with Crippen LogP contribution in [-0.4, -0.2) is 22.1 Å². The van der Waals surface area contributed by atoms with Crippen molar-refractivity contribution in [1.29, 1.82) is 0 Å². The van der Waals surface area contributed by atoms with Gasteiger partial charge in [-0.2, -0.15) is 0 Å². The molecule has 2 heterocycles. The van der Waals surface area contributed by atoms with Crippen molar-refractivity contribution in [2.75, 3.05) is 17.9 Å². The molecule has 7 heteroatoms. The van der Waals surface area contributed by atoms with Crippen molar-refractivity contribution in [1.82, 2.24) is 15.0 Å². The number of rotatable bonds is 5. The third kappa shape index (κ3) is 3.05. The van der Waals surface area contributed by atoms with Crippen LogP contribution in [0.4, 0.5) is 11.6 Å². The topological polar surface area (TPSA) is 98.0 Å². The number of anilines is 2. The van der Waals surface area contributed by atoms with Crippen molar-refractivity contribution < 1.29 is 4.74 Å². The first kappa shape index (κ1) is 12.1. The van der Waals surface area contributed by atoms with Gasteiger partial charge < -0.3 is 15.5 Å². The van der Waals surface area contributed by atoms with Crippen molar-refractivity contribution in [2.45, 2.75) is 6.54 Å². The molecule has 2 aromatic heterocycles. The van der Waals surface area contributed by atoms with Crippen molar-refractivity contribution in [2.24, 2.45) is 5.84 Å². The number of nitrogens with two attached hydrogens (primary N) is 1. The molecule has 0 saturated heterocycles. The molecule has 4 N–H and O–H groups in total. The lowest BCUT2D eigenvalue weighted by Crippen LogP contribution is -2.10. The van der Waals surface area contributed by atoms with Crippen LogP contribution in [0.3, 0.4) is 0 Å². The number of hydrogen-bond acceptors (Lipinski definition) is 7. The standard InChI is InChI=1S/C11H14N6O/c1-18-11-4-8(2-3-13-11)6-14-9-5-10(17-12)16-7-15-9/h2-5,7H,6,12H2,1H3,(H2,14,15,16,17). The number of nitrogens with zero attached hydrogens (tertiary/aromatic N) is 3. The maximum Gasteiger partial charge on any atom is 0.213 e. The second kappa shape index (κ2) is 5.78. The second-order valence-electron chi connectivity index (χ2n) is 3.49. The van der Waals surface area contributed by atoms with Crippen molar-refractivity contribution >= 4 is 11.6 Å². The third-order valence-electron chi connectivity index (χ3n) is 2.30. The molecule has 0 bridgehead atoms. The summed E-state index contributed by atoms with van der Waals surface area (Å²) in [6.45, 7) is 0.611. The first-order valence-electron chi connectivity index (χ1n) is 5.33. The molecule has 94 valence electrons. The van der Waals surface area contributed by atoms with E-state index in [1.807, 2.05) is 12.1 Å². The van der Waals surface area contributed by atoms with Gasteiger partial charge in [0.15, 0.2) is 0 Å². The average Bonchev–Trinajstić information content (AvgIpc) is 2.45. The molecule has 0 unspecified atom stereocenters. The molecule has 0 fully saturated rings. The highest BCUT2D eigenvalue weighted by atomic mass is 16.5. The van der Waals surface area contributed by atoms with E-state index >= 15 is 0 Å². The minimum Gasteiger partial charge on any atom is -0.481 e. The normalized spacial score (nSPS) is 9.89. The minimum absolute atomic E-state index is 0.555. The van der Waals surface area contributed by atoms with E-state index in [1.54, 1.807) is 19.4 Å². The summed E-state index contributed by atoms with van der Waals surface area (Å²) in [7, 11) is 1.59. The fourth-order valence-corrected chi connectivity index (χ4v) is 1.40. The Morgan fingerprint density at radius 2 is 2.06 bits per heavy atom. The number of ether oxygens (including phenoxy) is 1. The molecule has 0 amide bonds. The highest BCUT2D eigenvalue weighted by Crippen LogP contribution is 2.12. The number of hydrazine groups is 1. The Hall–Kier alpha value is -2.41. The van der Waals surface area contributed by atoms with Gasteiger partial charge in [0.25, 0.3) is 0 Å². The van der Waals surface area contributed by atoms with Crippen LogP contribution >= 0.6 is 0 Å². The van der Waals surface area contributed by atoms with Crippen LogP contribution in [-0.2, 0) is 6.54 Å². The van der Waals surface area contributed by atoms with Crippen molar-refractivity contribution in [3.8, 4) is 5.88 Å². The van der Waals surface area contributed by atoms with E-state index in [9.17, 15) is 0 Å². The maximum absolute atomic E-state index is 5.27. The molecule has 18 heavy (non-hydrogen) atoms. The second-order valence-corrected chi connectivity index (χ2v) is 3.49. The predicted octanol–water partition coefficient (Wildman–Crippen LogP) is 0.778. The van der Waals surface area contributed by atoms with Gasteiger partial charge in [0.05, 0.1) is 7.11 Å². The zero-order valence-electron chi connectivity index (χ0n) is 9.92. The Kier molecular flexibility index (Phi) is 3.87. The van der Waals surface area contributed by atoms with E-state index in [4.69, 9.17) is 10.6 Å². The zero-order chi connectivity index (χ0) is 12.8. The van der Waals surface area contributed by atoms with Crippen LogP contribution in [0.5, 0.6) is 5.88 Å². The van der Waals surface area contributed by atoms with Gasteiger partial charge in [0.2, 0.25) is 5.88 Å². The summed E-state index contributed by atoms with van der Waals surface area (Å²) in [6, 6.07) is 5.48. The Balaban J connectivity index is 2.01. The summed E-state index contributed by atoms with van der Waals surface area (Å²) < 4.78 is 5.05. The molecule has 0 saturated carbocycles. The summed E-state index contributed by atoms with van der Waals surface area (Å²) in [4.78, 5) is 12.0. The molecule has 0 radical (unpaired) electrons. The first-order chi connectivity index (χ1) is 8.81. The minimum atomic E-state index is 0.555.